The van der Waals surface area contributed by atoms with E-state index < -0.39 is 24.1 Å². The molecule has 0 spiro atoms. The maximum atomic E-state index is 12.8. The topological polar surface area (TPSA) is 116 Å². The van der Waals surface area contributed by atoms with Gasteiger partial charge in [0.05, 0.1) is 25.3 Å². The molecule has 38 heavy (non-hydrogen) atoms. The van der Waals surface area contributed by atoms with E-state index >= 15 is 0 Å². The molecule has 0 radical (unpaired) electrons. The summed E-state index contributed by atoms with van der Waals surface area (Å²) < 4.78 is 46.2. The molecular weight excluding hydrogens is 505 g/mol. The molecule has 0 bridgehead atoms. The van der Waals surface area contributed by atoms with Gasteiger partial charge >= 0.3 is 6.36 Å². The van der Waals surface area contributed by atoms with Crippen LogP contribution in [0, 0.1) is 0 Å². The molecule has 3 rings (SSSR count). The number of alkyl halides is 3. The number of hydrogen-bond donors (Lipinski definition) is 4. The third kappa shape index (κ3) is 7.87. The van der Waals surface area contributed by atoms with Gasteiger partial charge in [0.1, 0.15) is 17.2 Å². The first-order valence-electron chi connectivity index (χ1n) is 11.7. The van der Waals surface area contributed by atoms with Crippen molar-refractivity contribution in [1.82, 2.24) is 26.6 Å². The summed E-state index contributed by atoms with van der Waals surface area (Å²) in [5.41, 5.74) is 7.97. The number of aryl methyl sites for hydroxylation is 1. The Morgan fingerprint density at radius 2 is 1.89 bits per heavy atom. The summed E-state index contributed by atoms with van der Waals surface area (Å²) in [5.74, 6) is -1.48. The van der Waals surface area contributed by atoms with E-state index in [1.807, 2.05) is 24.3 Å². The van der Waals surface area contributed by atoms with Gasteiger partial charge in [-0.3, -0.25) is 25.0 Å². The minimum Gasteiger partial charge on any atom is -0.496 e. The summed E-state index contributed by atoms with van der Waals surface area (Å²) in [6, 6.07) is 10.7. The number of ether oxygens (including phenoxy) is 2. The summed E-state index contributed by atoms with van der Waals surface area (Å²) in [7, 11) is 2.86. The number of methoxy groups -OCH3 is 1. The van der Waals surface area contributed by atoms with Crippen LogP contribution in [0.25, 0.3) is 0 Å². The largest absolute Gasteiger partial charge is 0.573 e. The molecule has 1 aliphatic heterocycles. The van der Waals surface area contributed by atoms with E-state index in [1.165, 1.54) is 18.7 Å². The van der Waals surface area contributed by atoms with Crippen molar-refractivity contribution in [3.05, 3.63) is 71.1 Å². The van der Waals surface area contributed by atoms with Gasteiger partial charge in [0, 0.05) is 32.1 Å². The molecule has 2 aromatic rings. The molecule has 0 saturated heterocycles. The molecule has 0 fully saturated rings. The highest BCUT2D eigenvalue weighted by Crippen LogP contribution is 2.29. The van der Waals surface area contributed by atoms with Crippen molar-refractivity contribution in [2.75, 3.05) is 27.2 Å². The highest BCUT2D eigenvalue weighted by Gasteiger charge is 2.31. The third-order valence-corrected chi connectivity index (χ3v) is 5.49. The van der Waals surface area contributed by atoms with Crippen molar-refractivity contribution in [3.63, 3.8) is 0 Å². The average Bonchev–Trinajstić information content (AvgIpc) is 3.36. The summed E-state index contributed by atoms with van der Waals surface area (Å²) in [6.07, 6.45) is -0.759. The number of carbonyl (C=O) groups excluding carboxylic acids is 2. The van der Waals surface area contributed by atoms with Crippen LogP contribution >= 0.6 is 0 Å². The second kappa shape index (κ2) is 12.8. The van der Waals surface area contributed by atoms with Crippen molar-refractivity contribution in [3.8, 4) is 11.5 Å². The molecule has 1 atom stereocenters. The minimum absolute atomic E-state index is 0.0424. The smallest absolute Gasteiger partial charge is 0.496 e. The molecule has 0 saturated carbocycles. The van der Waals surface area contributed by atoms with Crippen LogP contribution in [0.15, 0.2) is 59.4 Å². The van der Waals surface area contributed by atoms with Crippen LogP contribution in [0.5, 0.6) is 11.5 Å². The molecule has 1 aliphatic rings. The molecule has 204 valence electrons. The fraction of sp³-hybridized carbons (Fsp3) is 0.320. The van der Waals surface area contributed by atoms with Crippen molar-refractivity contribution in [2.45, 2.75) is 25.7 Å². The number of carbonyl (C=O) groups is 2. The summed E-state index contributed by atoms with van der Waals surface area (Å²) in [6.45, 7) is 2.48. The first kappa shape index (κ1) is 28.3. The Bertz CT molecular complexity index is 1180. The fourth-order valence-corrected chi connectivity index (χ4v) is 3.57. The summed E-state index contributed by atoms with van der Waals surface area (Å²) in [5, 5.41) is 7.13. The first-order chi connectivity index (χ1) is 18.1. The Labute approximate surface area is 217 Å². The van der Waals surface area contributed by atoms with Crippen LogP contribution < -0.4 is 31.1 Å². The quantitative estimate of drug-likeness (QED) is 0.328. The van der Waals surface area contributed by atoms with E-state index in [1.54, 1.807) is 24.5 Å². The van der Waals surface area contributed by atoms with Crippen LogP contribution in [0.2, 0.25) is 0 Å². The zero-order valence-electron chi connectivity index (χ0n) is 21.1. The Kier molecular flexibility index (Phi) is 9.55. The number of benzene rings is 2. The first-order valence-corrected chi connectivity index (χ1v) is 11.7. The highest BCUT2D eigenvalue weighted by molar-refractivity contribution is 5.97. The summed E-state index contributed by atoms with van der Waals surface area (Å²) >= 11 is 0. The predicted molar refractivity (Wildman–Crippen MR) is 134 cm³/mol. The van der Waals surface area contributed by atoms with E-state index in [2.05, 4.69) is 38.2 Å². The van der Waals surface area contributed by atoms with Crippen LogP contribution in [0.4, 0.5) is 13.2 Å². The van der Waals surface area contributed by atoms with E-state index in [0.717, 1.165) is 24.1 Å². The Morgan fingerprint density at radius 1 is 1.16 bits per heavy atom. The molecule has 1 unspecified atom stereocenters. The van der Waals surface area contributed by atoms with Gasteiger partial charge in [-0.2, -0.15) is 0 Å². The molecule has 13 heteroatoms. The number of hydrogen-bond acceptors (Lipinski definition) is 8. The second-order valence-electron chi connectivity index (χ2n) is 8.09. The van der Waals surface area contributed by atoms with Crippen molar-refractivity contribution in [2.24, 2.45) is 4.99 Å². The predicted octanol–water partition coefficient (Wildman–Crippen LogP) is 2.61. The number of hydrazine groups is 2. The average molecular weight is 535 g/mol. The van der Waals surface area contributed by atoms with E-state index in [9.17, 15) is 22.8 Å². The third-order valence-electron chi connectivity index (χ3n) is 5.49. The van der Waals surface area contributed by atoms with Gasteiger partial charge in [0.15, 0.2) is 0 Å². The zero-order valence-corrected chi connectivity index (χ0v) is 21.1. The number of nitrogens with zero attached hydrogens (tertiary/aromatic N) is 2. The van der Waals surface area contributed by atoms with Gasteiger partial charge in [0.25, 0.3) is 11.8 Å². The lowest BCUT2D eigenvalue weighted by atomic mass is 10.0. The highest BCUT2D eigenvalue weighted by atomic mass is 19.4. The van der Waals surface area contributed by atoms with E-state index in [0.29, 0.717) is 0 Å². The van der Waals surface area contributed by atoms with Crippen molar-refractivity contribution >= 4 is 18.0 Å². The summed E-state index contributed by atoms with van der Waals surface area (Å²) in [4.78, 5) is 29.4. The Hall–Kier alpha value is -4.26. The standard InChI is InChI=1S/C25H29F3N6O4/c1-4-16-5-7-17(8-6-16)20(14-29-2)31-24(36)21-15-34(33-32-21)12-11-30-23(35)19-10-9-18(13-22(19)37-3)38-25(26,27)28/h5-10,13-15,20,32-33H,4,11-12H2,1-3H3,(H,30,35)(H,31,36). The maximum Gasteiger partial charge on any atom is 0.573 e. The second-order valence-corrected chi connectivity index (χ2v) is 8.09. The molecule has 2 amide bonds. The van der Waals surface area contributed by atoms with Crippen LogP contribution in [0.1, 0.15) is 34.5 Å². The van der Waals surface area contributed by atoms with Crippen LogP contribution in [-0.4, -0.2) is 56.6 Å². The lowest BCUT2D eigenvalue weighted by Gasteiger charge is -2.16. The Balaban J connectivity index is 1.54. The molecular formula is C25H29F3N6O4. The number of rotatable bonds is 11. The molecule has 0 aliphatic carbocycles. The lowest BCUT2D eigenvalue weighted by Crippen LogP contribution is -2.42. The number of amides is 2. The van der Waals surface area contributed by atoms with Gasteiger partial charge < -0.3 is 20.1 Å². The van der Waals surface area contributed by atoms with Crippen molar-refractivity contribution in [1.29, 1.82) is 0 Å². The van der Waals surface area contributed by atoms with Crippen molar-refractivity contribution < 1.29 is 32.2 Å². The monoisotopic (exact) mass is 534 g/mol. The molecule has 0 aromatic heterocycles. The zero-order chi connectivity index (χ0) is 27.7. The lowest BCUT2D eigenvalue weighted by molar-refractivity contribution is -0.274. The van der Waals surface area contributed by atoms with E-state index in [4.69, 9.17) is 4.74 Å². The normalized spacial score (nSPS) is 14.1. The van der Waals surface area contributed by atoms with Crippen LogP contribution in [-0.2, 0) is 11.2 Å². The van der Waals surface area contributed by atoms with Crippen LogP contribution in [0.3, 0.4) is 0 Å². The number of aliphatic imine (C=N–C) groups is 1. The maximum absolute atomic E-state index is 12.8. The fourth-order valence-electron chi connectivity index (χ4n) is 3.57. The molecule has 2 aromatic carbocycles. The number of halogens is 3. The Morgan fingerprint density at radius 3 is 2.53 bits per heavy atom. The van der Waals surface area contributed by atoms with E-state index in [-0.39, 0.29) is 36.0 Å². The molecule has 4 N–H and O–H groups in total. The van der Waals surface area contributed by atoms with Gasteiger partial charge in [-0.1, -0.05) is 31.2 Å². The van der Waals surface area contributed by atoms with Gasteiger partial charge in [-0.25, -0.2) is 0 Å². The molecule has 10 nitrogen and oxygen atoms in total. The number of nitrogens with one attached hydrogen (secondary N) is 4. The SMILES string of the molecule is CCc1ccc(C(C=NC)NC(=O)C2=CN(CCNC(=O)c3ccc(OC(F)(F)F)cc3OC)NN2)cc1. The molecule has 1 heterocycles. The van der Waals surface area contributed by atoms with Gasteiger partial charge in [0.2, 0.25) is 0 Å². The minimum atomic E-state index is -4.86. The van der Waals surface area contributed by atoms with Gasteiger partial charge in [-0.15, -0.1) is 18.7 Å². The van der Waals surface area contributed by atoms with Gasteiger partial charge in [-0.05, 0) is 29.7 Å².